The molecule has 0 spiro atoms. The van der Waals surface area contributed by atoms with E-state index in [-0.39, 0.29) is 30.0 Å². The van der Waals surface area contributed by atoms with Crippen LogP contribution < -0.4 is 16.0 Å². The fourth-order valence-corrected chi connectivity index (χ4v) is 2.35. The normalized spacial score (nSPS) is 12.8. The number of aliphatic imine (C=N–C) groups is 1. The molecular weight excluding hydrogens is 473 g/mol. The van der Waals surface area contributed by atoms with Gasteiger partial charge in [0.25, 0.3) is 0 Å². The van der Waals surface area contributed by atoms with Crippen molar-refractivity contribution >= 4 is 36.0 Å². The van der Waals surface area contributed by atoms with Crippen molar-refractivity contribution in [2.24, 2.45) is 12.0 Å². The van der Waals surface area contributed by atoms with Crippen LogP contribution in [0.4, 0.5) is 4.79 Å². The number of alkyl carbamates (subject to hydrolysis) is 1. The third-order valence-electron chi connectivity index (χ3n) is 3.78. The minimum Gasteiger partial charge on any atom is -0.444 e. The number of halogens is 1. The van der Waals surface area contributed by atoms with E-state index in [1.807, 2.05) is 46.2 Å². The van der Waals surface area contributed by atoms with E-state index in [1.165, 1.54) is 0 Å². The van der Waals surface area contributed by atoms with E-state index in [1.54, 1.807) is 0 Å². The number of ether oxygens (including phenoxy) is 1. The first-order chi connectivity index (χ1) is 12.7. The topological polar surface area (TPSA) is 105 Å². The Morgan fingerprint density at radius 2 is 1.93 bits per heavy atom. The molecule has 1 atom stereocenters. The van der Waals surface area contributed by atoms with Gasteiger partial charge in [0, 0.05) is 26.2 Å². The van der Waals surface area contributed by atoms with Gasteiger partial charge in [0.05, 0.1) is 0 Å². The Labute approximate surface area is 185 Å². The molecule has 0 saturated carbocycles. The summed E-state index contributed by atoms with van der Waals surface area (Å²) in [5.74, 6) is 2.31. The third kappa shape index (κ3) is 10.1. The lowest BCUT2D eigenvalue weighted by Gasteiger charge is -2.24. The SMILES string of the molecule is CCCC(CNC(=NCc1nnc(C)n1C)NCC)NC(=O)OC(C)(C)C.I. The number of hydrogen-bond donors (Lipinski definition) is 3. The van der Waals surface area contributed by atoms with Crippen LogP contribution in [0.5, 0.6) is 0 Å². The molecule has 0 fully saturated rings. The highest BCUT2D eigenvalue weighted by Gasteiger charge is 2.19. The van der Waals surface area contributed by atoms with Crippen LogP contribution >= 0.6 is 24.0 Å². The number of aryl methyl sites for hydroxylation is 1. The molecule has 0 aliphatic carbocycles. The molecule has 0 aliphatic rings. The fraction of sp³-hybridized carbons (Fsp3) is 0.778. The number of nitrogens with zero attached hydrogens (tertiary/aromatic N) is 4. The zero-order chi connectivity index (χ0) is 20.4. The van der Waals surface area contributed by atoms with Crippen molar-refractivity contribution in [1.29, 1.82) is 0 Å². The first kappa shape index (κ1) is 26.4. The molecule has 1 aromatic rings. The maximum absolute atomic E-state index is 12.0. The van der Waals surface area contributed by atoms with Crippen molar-refractivity contribution in [1.82, 2.24) is 30.7 Å². The Kier molecular flexibility index (Phi) is 12.1. The zero-order valence-electron chi connectivity index (χ0n) is 18.1. The van der Waals surface area contributed by atoms with Crippen LogP contribution in [0.2, 0.25) is 0 Å². The highest BCUT2D eigenvalue weighted by Crippen LogP contribution is 2.07. The van der Waals surface area contributed by atoms with E-state index in [4.69, 9.17) is 4.74 Å². The van der Waals surface area contributed by atoms with Crippen LogP contribution in [0.1, 0.15) is 59.1 Å². The molecule has 0 aliphatic heterocycles. The van der Waals surface area contributed by atoms with Gasteiger partial charge >= 0.3 is 6.09 Å². The highest BCUT2D eigenvalue weighted by atomic mass is 127. The minimum absolute atomic E-state index is 0. The van der Waals surface area contributed by atoms with Gasteiger partial charge in [-0.3, -0.25) is 0 Å². The molecule has 28 heavy (non-hydrogen) atoms. The van der Waals surface area contributed by atoms with Crippen LogP contribution in [0.25, 0.3) is 0 Å². The molecule has 3 N–H and O–H groups in total. The van der Waals surface area contributed by atoms with Gasteiger partial charge in [-0.25, -0.2) is 9.79 Å². The van der Waals surface area contributed by atoms with Crippen LogP contribution in [0.15, 0.2) is 4.99 Å². The summed E-state index contributed by atoms with van der Waals surface area (Å²) in [6.07, 6.45) is 1.39. The van der Waals surface area contributed by atoms with Crippen LogP contribution in [-0.2, 0) is 18.3 Å². The fourth-order valence-electron chi connectivity index (χ4n) is 2.35. The van der Waals surface area contributed by atoms with Crippen molar-refractivity contribution in [2.45, 2.75) is 72.6 Å². The van der Waals surface area contributed by atoms with Gasteiger partial charge in [-0.05, 0) is 41.0 Å². The van der Waals surface area contributed by atoms with Gasteiger partial charge in [0.2, 0.25) is 0 Å². The molecule has 0 bridgehead atoms. The molecule has 9 nitrogen and oxygen atoms in total. The maximum atomic E-state index is 12.0. The third-order valence-corrected chi connectivity index (χ3v) is 3.78. The number of nitrogens with one attached hydrogen (secondary N) is 3. The summed E-state index contributed by atoms with van der Waals surface area (Å²) in [6, 6.07) is -0.0502. The summed E-state index contributed by atoms with van der Waals surface area (Å²) in [7, 11) is 1.92. The Morgan fingerprint density at radius 1 is 1.25 bits per heavy atom. The summed E-state index contributed by atoms with van der Waals surface area (Å²) in [5, 5.41) is 17.6. The first-order valence-corrected chi connectivity index (χ1v) is 9.52. The Bertz CT molecular complexity index is 626. The predicted molar refractivity (Wildman–Crippen MR) is 122 cm³/mol. The smallest absolute Gasteiger partial charge is 0.407 e. The van der Waals surface area contributed by atoms with Gasteiger partial charge in [-0.15, -0.1) is 34.2 Å². The molecule has 1 unspecified atom stereocenters. The predicted octanol–water partition coefficient (Wildman–Crippen LogP) is 2.49. The number of carbonyl (C=O) groups excluding carboxylic acids is 1. The molecular formula is C18H36IN7O2. The summed E-state index contributed by atoms with van der Waals surface area (Å²) in [5.41, 5.74) is -0.515. The average Bonchev–Trinajstić information content (AvgIpc) is 2.87. The number of hydrogen-bond acceptors (Lipinski definition) is 5. The number of amides is 1. The zero-order valence-corrected chi connectivity index (χ0v) is 20.5. The molecule has 1 aromatic heterocycles. The first-order valence-electron chi connectivity index (χ1n) is 9.52. The molecule has 1 rings (SSSR count). The standard InChI is InChI=1S/C18H35N7O2.HI/c1-8-10-14(22-17(26)27-18(4,5)6)11-20-16(19-9-2)21-12-15-24-23-13(3)25(15)7;/h14H,8-12H2,1-7H3,(H,22,26)(H2,19,20,21);1H. The van der Waals surface area contributed by atoms with Crippen LogP contribution in [0.3, 0.4) is 0 Å². The molecule has 0 aromatic carbocycles. The summed E-state index contributed by atoms with van der Waals surface area (Å²) in [6.45, 7) is 13.3. The van der Waals surface area contributed by atoms with Gasteiger partial charge in [0.15, 0.2) is 11.8 Å². The van der Waals surface area contributed by atoms with Crippen LogP contribution in [0, 0.1) is 6.92 Å². The number of aromatic nitrogens is 3. The van der Waals surface area contributed by atoms with E-state index in [0.29, 0.717) is 19.0 Å². The van der Waals surface area contributed by atoms with Crippen molar-refractivity contribution < 1.29 is 9.53 Å². The van der Waals surface area contributed by atoms with Gasteiger partial charge in [-0.2, -0.15) is 0 Å². The summed E-state index contributed by atoms with van der Waals surface area (Å²) in [4.78, 5) is 16.6. The van der Waals surface area contributed by atoms with Crippen molar-refractivity contribution in [3.63, 3.8) is 0 Å². The number of carbonyl (C=O) groups is 1. The quantitative estimate of drug-likeness (QED) is 0.283. The average molecular weight is 509 g/mol. The molecule has 10 heteroatoms. The second-order valence-electron chi connectivity index (χ2n) is 7.43. The van der Waals surface area contributed by atoms with E-state index in [0.717, 1.165) is 31.0 Å². The summed E-state index contributed by atoms with van der Waals surface area (Å²) < 4.78 is 7.26. The van der Waals surface area contributed by atoms with E-state index in [2.05, 4.69) is 38.1 Å². The van der Waals surface area contributed by atoms with E-state index in [9.17, 15) is 4.79 Å². The summed E-state index contributed by atoms with van der Waals surface area (Å²) >= 11 is 0. The second kappa shape index (κ2) is 12.8. The molecule has 1 amide bonds. The Balaban J connectivity index is 0.00000729. The highest BCUT2D eigenvalue weighted by molar-refractivity contribution is 14.0. The van der Waals surface area contributed by atoms with Crippen molar-refractivity contribution in [2.75, 3.05) is 13.1 Å². The molecule has 0 saturated heterocycles. The van der Waals surface area contributed by atoms with E-state index < -0.39 is 11.7 Å². The van der Waals surface area contributed by atoms with E-state index >= 15 is 0 Å². The second-order valence-corrected chi connectivity index (χ2v) is 7.43. The number of guanidine groups is 1. The molecule has 0 radical (unpaired) electrons. The lowest BCUT2D eigenvalue weighted by Crippen LogP contribution is -2.48. The monoisotopic (exact) mass is 509 g/mol. The molecule has 1 heterocycles. The van der Waals surface area contributed by atoms with Crippen molar-refractivity contribution in [3.8, 4) is 0 Å². The van der Waals surface area contributed by atoms with Crippen LogP contribution in [-0.4, -0.2) is 51.5 Å². The largest absolute Gasteiger partial charge is 0.444 e. The Hall–Kier alpha value is -1.59. The number of rotatable bonds is 8. The minimum atomic E-state index is -0.515. The van der Waals surface area contributed by atoms with Crippen molar-refractivity contribution in [3.05, 3.63) is 11.6 Å². The van der Waals surface area contributed by atoms with Gasteiger partial charge < -0.3 is 25.3 Å². The maximum Gasteiger partial charge on any atom is 0.407 e. The van der Waals surface area contributed by atoms with Gasteiger partial charge in [-0.1, -0.05) is 13.3 Å². The lowest BCUT2D eigenvalue weighted by molar-refractivity contribution is 0.0502. The lowest BCUT2D eigenvalue weighted by atomic mass is 10.1. The Morgan fingerprint density at radius 3 is 2.43 bits per heavy atom. The van der Waals surface area contributed by atoms with Gasteiger partial charge in [0.1, 0.15) is 18.0 Å². The molecule has 162 valence electrons.